The highest BCUT2D eigenvalue weighted by Crippen LogP contribution is 2.32. The number of aryl methyl sites for hydroxylation is 4. The standard InChI is InChI=1S/C24H21BrF3NO/c1-5-17-12-22(30-16(17)4)21(18-6-8-19(9-7-18)24(26,27)28)13-29-23-14(2)10-20(25)11-15(23)3/h6-12H,5H2,1-4H3. The average Bonchev–Trinajstić information content (AvgIpc) is 3.03. The second-order valence-electron chi connectivity index (χ2n) is 7.11. The zero-order valence-electron chi connectivity index (χ0n) is 17.1. The molecule has 2 aromatic carbocycles. The molecule has 30 heavy (non-hydrogen) atoms. The van der Waals surface area contributed by atoms with Crippen LogP contribution < -0.4 is 0 Å². The predicted octanol–water partition coefficient (Wildman–Crippen LogP) is 7.98. The van der Waals surface area contributed by atoms with Gasteiger partial charge in [0, 0.05) is 4.47 Å². The zero-order chi connectivity index (χ0) is 22.1. The van der Waals surface area contributed by atoms with Crippen molar-refractivity contribution in [3.05, 3.63) is 86.3 Å². The predicted molar refractivity (Wildman–Crippen MR) is 117 cm³/mol. The summed E-state index contributed by atoms with van der Waals surface area (Å²) in [5.41, 5.74) is 4.08. The summed E-state index contributed by atoms with van der Waals surface area (Å²) >= 11 is 3.47. The molecule has 0 saturated heterocycles. The minimum absolute atomic E-state index is 0.508. The molecule has 3 aromatic rings. The summed E-state index contributed by atoms with van der Waals surface area (Å²) < 4.78 is 45.8. The largest absolute Gasteiger partial charge is 0.460 e. The van der Waals surface area contributed by atoms with Gasteiger partial charge in [-0.1, -0.05) is 35.0 Å². The molecule has 0 spiro atoms. The van der Waals surface area contributed by atoms with Crippen LogP contribution in [0.2, 0.25) is 0 Å². The van der Waals surface area contributed by atoms with Crippen LogP contribution >= 0.6 is 15.9 Å². The molecule has 1 heterocycles. The van der Waals surface area contributed by atoms with Gasteiger partial charge in [-0.15, -0.1) is 0 Å². The van der Waals surface area contributed by atoms with Crippen molar-refractivity contribution in [2.24, 2.45) is 4.99 Å². The third-order valence-corrected chi connectivity index (χ3v) is 5.34. The molecule has 0 radical (unpaired) electrons. The molecule has 156 valence electrons. The Morgan fingerprint density at radius 1 is 1.03 bits per heavy atom. The van der Waals surface area contributed by atoms with Gasteiger partial charge >= 0.3 is 6.18 Å². The minimum Gasteiger partial charge on any atom is -0.460 e. The second-order valence-corrected chi connectivity index (χ2v) is 8.02. The lowest BCUT2D eigenvalue weighted by molar-refractivity contribution is -0.137. The minimum atomic E-state index is -4.39. The smallest absolute Gasteiger partial charge is 0.416 e. The van der Waals surface area contributed by atoms with E-state index in [2.05, 4.69) is 26.8 Å². The van der Waals surface area contributed by atoms with Crippen molar-refractivity contribution in [2.75, 3.05) is 0 Å². The van der Waals surface area contributed by atoms with Crippen LogP contribution in [-0.2, 0) is 12.6 Å². The molecule has 0 atom stereocenters. The molecule has 1 aromatic heterocycles. The summed E-state index contributed by atoms with van der Waals surface area (Å²) in [5.74, 6) is 4.34. The van der Waals surface area contributed by atoms with Gasteiger partial charge in [0.15, 0.2) is 0 Å². The van der Waals surface area contributed by atoms with Crippen molar-refractivity contribution in [1.29, 1.82) is 0 Å². The first-order chi connectivity index (χ1) is 14.1. The highest BCUT2D eigenvalue weighted by atomic mass is 79.9. The fourth-order valence-electron chi connectivity index (χ4n) is 3.27. The number of hydrogen-bond donors (Lipinski definition) is 0. The van der Waals surface area contributed by atoms with E-state index in [1.54, 1.807) is 0 Å². The average molecular weight is 476 g/mol. The van der Waals surface area contributed by atoms with E-state index in [-0.39, 0.29) is 0 Å². The molecule has 6 heteroatoms. The van der Waals surface area contributed by atoms with Gasteiger partial charge in [0.1, 0.15) is 11.5 Å². The van der Waals surface area contributed by atoms with Crippen molar-refractivity contribution >= 4 is 33.1 Å². The Kier molecular flexibility index (Phi) is 6.39. The maximum Gasteiger partial charge on any atom is 0.416 e. The van der Waals surface area contributed by atoms with Gasteiger partial charge in [-0.2, -0.15) is 13.2 Å². The normalized spacial score (nSPS) is 11.3. The van der Waals surface area contributed by atoms with E-state index >= 15 is 0 Å². The first-order valence-electron chi connectivity index (χ1n) is 9.48. The zero-order valence-corrected chi connectivity index (χ0v) is 18.7. The topological polar surface area (TPSA) is 25.5 Å². The molecular formula is C24H21BrF3NO. The third kappa shape index (κ3) is 4.77. The van der Waals surface area contributed by atoms with Crippen LogP contribution in [0.3, 0.4) is 0 Å². The molecule has 0 amide bonds. The summed E-state index contributed by atoms with van der Waals surface area (Å²) in [7, 11) is 0. The summed E-state index contributed by atoms with van der Waals surface area (Å²) in [6, 6.07) is 10.8. The van der Waals surface area contributed by atoms with E-state index in [4.69, 9.17) is 4.42 Å². The van der Waals surface area contributed by atoms with Gasteiger partial charge < -0.3 is 4.42 Å². The number of hydrogen-bond acceptors (Lipinski definition) is 2. The number of halogens is 4. The maximum atomic E-state index is 13.0. The molecule has 0 aliphatic carbocycles. The van der Waals surface area contributed by atoms with Gasteiger partial charge in [-0.25, -0.2) is 4.99 Å². The summed E-state index contributed by atoms with van der Waals surface area (Å²) in [6.45, 7) is 7.78. The van der Waals surface area contributed by atoms with Crippen molar-refractivity contribution in [1.82, 2.24) is 0 Å². The molecule has 0 saturated carbocycles. The number of alkyl halides is 3. The molecule has 0 unspecified atom stereocenters. The second kappa shape index (κ2) is 8.66. The summed E-state index contributed by atoms with van der Waals surface area (Å²) in [6.07, 6.45) is -3.60. The molecule has 0 fully saturated rings. The quantitative estimate of drug-likeness (QED) is 0.351. The van der Waals surface area contributed by atoms with Crippen LogP contribution in [0.15, 0.2) is 56.3 Å². The Balaban J connectivity index is 2.19. The van der Waals surface area contributed by atoms with Crippen molar-refractivity contribution < 1.29 is 17.6 Å². The number of rotatable bonds is 4. The van der Waals surface area contributed by atoms with Crippen molar-refractivity contribution in [2.45, 2.75) is 40.3 Å². The molecular weight excluding hydrogens is 455 g/mol. The number of benzene rings is 2. The molecule has 0 aliphatic rings. The monoisotopic (exact) mass is 475 g/mol. The van der Waals surface area contributed by atoms with E-state index < -0.39 is 11.7 Å². The summed E-state index contributed by atoms with van der Waals surface area (Å²) in [4.78, 5) is 4.55. The van der Waals surface area contributed by atoms with Gasteiger partial charge in [0.2, 0.25) is 0 Å². The molecule has 2 nitrogen and oxygen atoms in total. The highest BCUT2D eigenvalue weighted by Gasteiger charge is 2.30. The molecule has 0 bridgehead atoms. The third-order valence-electron chi connectivity index (χ3n) is 4.88. The molecule has 3 rings (SSSR count). The number of furan rings is 1. The maximum absolute atomic E-state index is 13.0. The Morgan fingerprint density at radius 2 is 1.63 bits per heavy atom. The Hall–Kier alpha value is -2.56. The molecule has 0 aliphatic heterocycles. The van der Waals surface area contributed by atoms with Crippen LogP contribution in [0.1, 0.15) is 46.3 Å². The van der Waals surface area contributed by atoms with Gasteiger partial charge in [0.05, 0.1) is 16.8 Å². The van der Waals surface area contributed by atoms with E-state index in [9.17, 15) is 13.2 Å². The van der Waals surface area contributed by atoms with Crippen LogP contribution in [0.5, 0.6) is 0 Å². The lowest BCUT2D eigenvalue weighted by Gasteiger charge is -2.08. The first kappa shape index (κ1) is 22.1. The Bertz CT molecular complexity index is 1110. The van der Waals surface area contributed by atoms with E-state index in [0.717, 1.165) is 51.2 Å². The van der Waals surface area contributed by atoms with Gasteiger partial charge in [0.25, 0.3) is 0 Å². The SMILES string of the molecule is CCc1cc(C(=C=Nc2c(C)cc(Br)cc2C)c2ccc(C(F)(F)F)cc2)oc1C. The highest BCUT2D eigenvalue weighted by molar-refractivity contribution is 9.10. The fraction of sp³-hybridized carbons (Fsp3) is 0.250. The first-order valence-corrected chi connectivity index (χ1v) is 10.3. The summed E-state index contributed by atoms with van der Waals surface area (Å²) in [5, 5.41) is 0. The van der Waals surface area contributed by atoms with Crippen LogP contribution in [0.25, 0.3) is 5.57 Å². The fourth-order valence-corrected chi connectivity index (χ4v) is 3.96. The van der Waals surface area contributed by atoms with Gasteiger partial charge in [-0.05, 0) is 85.6 Å². The lowest BCUT2D eigenvalue weighted by atomic mass is 10.0. The molecule has 0 N–H and O–H groups in total. The van der Waals surface area contributed by atoms with Crippen molar-refractivity contribution in [3.8, 4) is 0 Å². The number of nitrogens with zero attached hydrogens (tertiary/aromatic N) is 1. The van der Waals surface area contributed by atoms with Crippen LogP contribution in [0.4, 0.5) is 18.9 Å². The Morgan fingerprint density at radius 3 is 2.13 bits per heavy atom. The lowest BCUT2D eigenvalue weighted by Crippen LogP contribution is -2.04. The van der Waals surface area contributed by atoms with E-state index in [0.29, 0.717) is 16.9 Å². The van der Waals surface area contributed by atoms with Crippen molar-refractivity contribution in [3.63, 3.8) is 0 Å². The van der Waals surface area contributed by atoms with E-state index in [1.165, 1.54) is 12.1 Å². The van der Waals surface area contributed by atoms with E-state index in [1.807, 2.05) is 45.9 Å². The van der Waals surface area contributed by atoms with Crippen LogP contribution in [-0.4, -0.2) is 5.87 Å². The van der Waals surface area contributed by atoms with Gasteiger partial charge in [-0.3, -0.25) is 0 Å². The van der Waals surface area contributed by atoms with Crippen LogP contribution in [0, 0.1) is 20.8 Å². The number of aliphatic imine (C=N–C) groups is 1. The Labute approximate surface area is 182 Å².